The van der Waals surface area contributed by atoms with Crippen molar-refractivity contribution in [2.24, 2.45) is 5.92 Å². The molecule has 2 nitrogen and oxygen atoms in total. The van der Waals surface area contributed by atoms with Crippen molar-refractivity contribution in [2.75, 3.05) is 26.7 Å². The van der Waals surface area contributed by atoms with Gasteiger partial charge in [0.05, 0.1) is 0 Å². The fraction of sp³-hybridized carbons (Fsp3) is 0.667. The molecule has 0 unspecified atom stereocenters. The van der Waals surface area contributed by atoms with Crippen molar-refractivity contribution >= 4 is 11.6 Å². The third-order valence-corrected chi connectivity index (χ3v) is 3.81. The maximum Gasteiger partial charge on any atom is 0.0406 e. The molecule has 0 amide bonds. The van der Waals surface area contributed by atoms with Crippen molar-refractivity contribution in [1.29, 1.82) is 0 Å². The monoisotopic (exact) mass is 310 g/mol. The van der Waals surface area contributed by atoms with Crippen LogP contribution in [0.5, 0.6) is 0 Å². The molecule has 0 radical (unpaired) electrons. The molecule has 0 aliphatic carbocycles. The number of nitrogens with zero attached hydrogens (tertiary/aromatic N) is 1. The quantitative estimate of drug-likeness (QED) is 0.602. The highest BCUT2D eigenvalue weighted by atomic mass is 35.5. The molecule has 0 aliphatic heterocycles. The molecule has 21 heavy (non-hydrogen) atoms. The molecule has 0 aliphatic rings. The lowest BCUT2D eigenvalue weighted by Gasteiger charge is -2.16. The Morgan fingerprint density at radius 2 is 1.71 bits per heavy atom. The lowest BCUT2D eigenvalue weighted by atomic mass is 10.1. The van der Waals surface area contributed by atoms with Crippen LogP contribution in [0.4, 0.5) is 0 Å². The summed E-state index contributed by atoms with van der Waals surface area (Å²) in [7, 11) is 2.19. The number of rotatable bonds is 11. The molecule has 1 N–H and O–H groups in total. The van der Waals surface area contributed by atoms with Gasteiger partial charge in [-0.05, 0) is 63.1 Å². The topological polar surface area (TPSA) is 15.3 Å². The molecule has 0 saturated heterocycles. The minimum Gasteiger partial charge on any atom is -0.316 e. The maximum absolute atomic E-state index is 5.90. The molecule has 0 atom stereocenters. The van der Waals surface area contributed by atoms with Gasteiger partial charge in [-0.15, -0.1) is 0 Å². The van der Waals surface area contributed by atoms with Crippen LogP contribution in [0.2, 0.25) is 5.02 Å². The van der Waals surface area contributed by atoms with Gasteiger partial charge in [-0.3, -0.25) is 0 Å². The normalized spacial score (nSPS) is 11.5. The molecule has 0 bridgehead atoms. The highest BCUT2D eigenvalue weighted by molar-refractivity contribution is 6.30. The second kappa shape index (κ2) is 11.1. The van der Waals surface area contributed by atoms with E-state index in [4.69, 9.17) is 11.6 Å². The van der Waals surface area contributed by atoms with Gasteiger partial charge >= 0.3 is 0 Å². The molecule has 3 heteroatoms. The van der Waals surface area contributed by atoms with Crippen molar-refractivity contribution in [3.63, 3.8) is 0 Å². The van der Waals surface area contributed by atoms with Crippen LogP contribution < -0.4 is 5.32 Å². The van der Waals surface area contributed by atoms with E-state index in [9.17, 15) is 0 Å². The van der Waals surface area contributed by atoms with Gasteiger partial charge in [0.15, 0.2) is 0 Å². The van der Waals surface area contributed by atoms with Gasteiger partial charge in [0, 0.05) is 11.6 Å². The van der Waals surface area contributed by atoms with Gasteiger partial charge in [-0.25, -0.2) is 0 Å². The number of hydrogen-bond donors (Lipinski definition) is 1. The van der Waals surface area contributed by atoms with Crippen LogP contribution in [0.25, 0.3) is 0 Å². The molecular weight excluding hydrogens is 280 g/mol. The summed E-state index contributed by atoms with van der Waals surface area (Å²) >= 11 is 5.90. The Morgan fingerprint density at radius 1 is 1.05 bits per heavy atom. The minimum absolute atomic E-state index is 0.756. The highest BCUT2D eigenvalue weighted by Crippen LogP contribution is 2.11. The van der Waals surface area contributed by atoms with Gasteiger partial charge in [-0.2, -0.15) is 0 Å². The molecule has 1 rings (SSSR count). The van der Waals surface area contributed by atoms with Crippen LogP contribution in [-0.4, -0.2) is 31.6 Å². The zero-order valence-electron chi connectivity index (χ0n) is 13.9. The first kappa shape index (κ1) is 18.5. The zero-order chi connectivity index (χ0) is 15.5. The average Bonchev–Trinajstić information content (AvgIpc) is 2.44. The second-order valence-electron chi connectivity index (χ2n) is 6.38. The Balaban J connectivity index is 1.98. The lowest BCUT2D eigenvalue weighted by molar-refractivity contribution is 0.316. The summed E-state index contributed by atoms with van der Waals surface area (Å²) in [5.74, 6) is 0.756. The summed E-state index contributed by atoms with van der Waals surface area (Å²) in [5, 5.41) is 4.31. The summed E-state index contributed by atoms with van der Waals surface area (Å²) in [6.45, 7) is 8.99. The van der Waals surface area contributed by atoms with Crippen LogP contribution in [-0.2, 0) is 6.54 Å². The molecule has 1 aromatic rings. The average molecular weight is 311 g/mol. The summed E-state index contributed by atoms with van der Waals surface area (Å²) in [4.78, 5) is 2.39. The molecule has 0 spiro atoms. The summed E-state index contributed by atoms with van der Waals surface area (Å²) in [5.41, 5.74) is 1.33. The van der Waals surface area contributed by atoms with E-state index in [-0.39, 0.29) is 0 Å². The van der Waals surface area contributed by atoms with E-state index in [1.165, 1.54) is 44.3 Å². The first-order valence-corrected chi connectivity index (χ1v) is 8.59. The smallest absolute Gasteiger partial charge is 0.0406 e. The van der Waals surface area contributed by atoms with Crippen LogP contribution in [0, 0.1) is 5.92 Å². The number of unbranched alkanes of at least 4 members (excludes halogenated alkanes) is 3. The van der Waals surface area contributed by atoms with E-state index < -0.39 is 0 Å². The van der Waals surface area contributed by atoms with Gasteiger partial charge in [0.25, 0.3) is 0 Å². The Hall–Kier alpha value is -0.570. The zero-order valence-corrected chi connectivity index (χ0v) is 14.6. The predicted molar refractivity (Wildman–Crippen MR) is 94.0 cm³/mol. The number of halogens is 1. The Bertz CT molecular complexity index is 362. The van der Waals surface area contributed by atoms with Crippen molar-refractivity contribution in [3.8, 4) is 0 Å². The van der Waals surface area contributed by atoms with Crippen LogP contribution in [0.15, 0.2) is 24.3 Å². The fourth-order valence-corrected chi connectivity index (χ4v) is 2.48. The third kappa shape index (κ3) is 9.89. The van der Waals surface area contributed by atoms with Crippen LogP contribution in [0.3, 0.4) is 0 Å². The van der Waals surface area contributed by atoms with Crippen molar-refractivity contribution in [2.45, 2.75) is 46.1 Å². The van der Waals surface area contributed by atoms with Gasteiger partial charge in [0.2, 0.25) is 0 Å². The number of hydrogen-bond acceptors (Lipinski definition) is 2. The fourth-order valence-electron chi connectivity index (χ4n) is 2.36. The van der Waals surface area contributed by atoms with E-state index in [1.54, 1.807) is 0 Å². The Labute approximate surface area is 135 Å². The second-order valence-corrected chi connectivity index (χ2v) is 6.81. The maximum atomic E-state index is 5.90. The molecule has 120 valence electrons. The summed E-state index contributed by atoms with van der Waals surface area (Å²) in [6, 6.07) is 8.15. The van der Waals surface area contributed by atoms with Crippen LogP contribution >= 0.6 is 11.6 Å². The first-order valence-electron chi connectivity index (χ1n) is 8.21. The summed E-state index contributed by atoms with van der Waals surface area (Å²) in [6.07, 6.45) is 5.25. The predicted octanol–water partition coefficient (Wildman–Crippen LogP) is 4.58. The summed E-state index contributed by atoms with van der Waals surface area (Å²) < 4.78 is 0. The van der Waals surface area contributed by atoms with Crippen molar-refractivity contribution in [1.82, 2.24) is 10.2 Å². The van der Waals surface area contributed by atoms with Gasteiger partial charge < -0.3 is 10.2 Å². The first-order chi connectivity index (χ1) is 10.1. The van der Waals surface area contributed by atoms with E-state index >= 15 is 0 Å². The highest BCUT2D eigenvalue weighted by Gasteiger charge is 2.00. The van der Waals surface area contributed by atoms with E-state index in [1.807, 2.05) is 12.1 Å². The lowest BCUT2D eigenvalue weighted by Crippen LogP contribution is -2.21. The third-order valence-electron chi connectivity index (χ3n) is 3.56. The SMILES string of the molecule is CC(C)CNCCCCCCN(C)Cc1ccc(Cl)cc1. The van der Waals surface area contributed by atoms with Gasteiger partial charge in [-0.1, -0.05) is 50.4 Å². The molecular formula is C18H31ClN2. The van der Waals surface area contributed by atoms with Crippen molar-refractivity contribution < 1.29 is 0 Å². The van der Waals surface area contributed by atoms with Crippen LogP contribution in [0.1, 0.15) is 45.1 Å². The molecule has 0 heterocycles. The minimum atomic E-state index is 0.756. The van der Waals surface area contributed by atoms with E-state index in [0.29, 0.717) is 0 Å². The Kier molecular flexibility index (Phi) is 9.73. The van der Waals surface area contributed by atoms with E-state index in [2.05, 4.69) is 43.2 Å². The molecule has 1 aromatic carbocycles. The Morgan fingerprint density at radius 3 is 2.38 bits per heavy atom. The van der Waals surface area contributed by atoms with E-state index in [0.717, 1.165) is 24.0 Å². The molecule has 0 aromatic heterocycles. The van der Waals surface area contributed by atoms with Crippen molar-refractivity contribution in [3.05, 3.63) is 34.9 Å². The molecule has 0 saturated carbocycles. The number of nitrogens with one attached hydrogen (secondary N) is 1. The molecule has 0 fully saturated rings. The number of benzene rings is 1. The van der Waals surface area contributed by atoms with Gasteiger partial charge in [0.1, 0.15) is 0 Å². The standard InChI is InChI=1S/C18H31ClN2/c1-16(2)14-20-12-6-4-5-7-13-21(3)15-17-8-10-18(19)11-9-17/h8-11,16,20H,4-7,12-15H2,1-3H3. The largest absolute Gasteiger partial charge is 0.316 e.